The van der Waals surface area contributed by atoms with E-state index >= 15 is 0 Å². The Kier molecular flexibility index (Phi) is 6.20. The summed E-state index contributed by atoms with van der Waals surface area (Å²) in [6.07, 6.45) is 2.74. The van der Waals surface area contributed by atoms with Crippen LogP contribution in [0.2, 0.25) is 0 Å². The van der Waals surface area contributed by atoms with Gasteiger partial charge in [-0.25, -0.2) is 0 Å². The highest BCUT2D eigenvalue weighted by Gasteiger charge is 2.31. The average molecular weight is 283 g/mol. The third-order valence-electron chi connectivity index (χ3n) is 3.20. The van der Waals surface area contributed by atoms with Gasteiger partial charge in [-0.2, -0.15) is 17.0 Å². The first-order valence-corrected chi connectivity index (χ1v) is 8.26. The topological polar surface area (TPSA) is 40.6 Å². The van der Waals surface area contributed by atoms with E-state index in [4.69, 9.17) is 11.6 Å². The van der Waals surface area contributed by atoms with Crippen LogP contribution in [0.15, 0.2) is 0 Å². The summed E-state index contributed by atoms with van der Waals surface area (Å²) in [6, 6.07) is 0. The number of hydrogen-bond acceptors (Lipinski definition) is 2. The zero-order chi connectivity index (χ0) is 12.9. The van der Waals surface area contributed by atoms with Crippen LogP contribution in [0.3, 0.4) is 0 Å². The smallest absolute Gasteiger partial charge is 0.195 e. The van der Waals surface area contributed by atoms with E-state index in [1.165, 1.54) is 4.31 Å². The minimum Gasteiger partial charge on any atom is -0.195 e. The van der Waals surface area contributed by atoms with Gasteiger partial charge in [0.2, 0.25) is 0 Å². The monoisotopic (exact) mass is 282 g/mol. The molecule has 1 fully saturated rings. The third kappa shape index (κ3) is 4.09. The molecule has 0 atom stereocenters. The molecule has 102 valence electrons. The number of halogens is 1. The molecule has 0 bridgehead atoms. The van der Waals surface area contributed by atoms with E-state index in [1.54, 1.807) is 4.31 Å². The van der Waals surface area contributed by atoms with Gasteiger partial charge < -0.3 is 0 Å². The van der Waals surface area contributed by atoms with E-state index in [9.17, 15) is 8.42 Å². The second-order valence-corrected chi connectivity index (χ2v) is 6.98. The number of nitrogens with zero attached hydrogens (tertiary/aromatic N) is 2. The molecular weight excluding hydrogens is 260 g/mol. The molecule has 6 heteroatoms. The van der Waals surface area contributed by atoms with Crippen molar-refractivity contribution in [1.29, 1.82) is 0 Å². The Bertz CT molecular complexity index is 307. The van der Waals surface area contributed by atoms with Crippen molar-refractivity contribution < 1.29 is 8.42 Å². The molecule has 4 nitrogen and oxygen atoms in total. The normalized spacial score (nSPS) is 20.0. The predicted octanol–water partition coefficient (Wildman–Crippen LogP) is 1.91. The van der Waals surface area contributed by atoms with E-state index in [0.717, 1.165) is 19.3 Å². The summed E-state index contributed by atoms with van der Waals surface area (Å²) in [5, 5.41) is 0. The summed E-state index contributed by atoms with van der Waals surface area (Å²) in [4.78, 5) is 0. The number of hydrogen-bond donors (Lipinski definition) is 0. The molecule has 1 saturated heterocycles. The fourth-order valence-electron chi connectivity index (χ4n) is 2.07. The standard InChI is InChI=1S/C11H23ClN2O2S/c1-3-7-13(10-6-12)17(15,16)14-8-4-11(2)5-9-14/h11H,3-10H2,1-2H3. The zero-order valence-corrected chi connectivity index (χ0v) is 12.3. The molecule has 0 spiro atoms. The van der Waals surface area contributed by atoms with Crippen LogP contribution in [0.5, 0.6) is 0 Å². The van der Waals surface area contributed by atoms with Crippen LogP contribution in [0.1, 0.15) is 33.1 Å². The Morgan fingerprint density at radius 1 is 1.29 bits per heavy atom. The molecule has 0 radical (unpaired) electrons. The van der Waals surface area contributed by atoms with Crippen LogP contribution in [-0.4, -0.2) is 49.1 Å². The maximum absolute atomic E-state index is 12.4. The Morgan fingerprint density at radius 3 is 2.35 bits per heavy atom. The fraction of sp³-hybridized carbons (Fsp3) is 1.00. The number of piperidine rings is 1. The van der Waals surface area contributed by atoms with E-state index in [2.05, 4.69) is 6.92 Å². The SMILES string of the molecule is CCCN(CCCl)S(=O)(=O)N1CCC(C)CC1. The molecule has 1 aliphatic rings. The largest absolute Gasteiger partial charge is 0.282 e. The first-order valence-electron chi connectivity index (χ1n) is 6.33. The van der Waals surface area contributed by atoms with Crippen LogP contribution in [0, 0.1) is 5.92 Å². The molecule has 0 aromatic heterocycles. The summed E-state index contributed by atoms with van der Waals surface area (Å²) in [6.45, 7) is 6.41. The van der Waals surface area contributed by atoms with Gasteiger partial charge >= 0.3 is 0 Å². The molecule has 1 rings (SSSR count). The van der Waals surface area contributed by atoms with Crippen LogP contribution >= 0.6 is 11.6 Å². The molecule has 1 heterocycles. The summed E-state index contributed by atoms with van der Waals surface area (Å²) < 4.78 is 27.8. The van der Waals surface area contributed by atoms with Crippen molar-refractivity contribution in [3.05, 3.63) is 0 Å². The first-order chi connectivity index (χ1) is 8.02. The van der Waals surface area contributed by atoms with E-state index in [-0.39, 0.29) is 0 Å². The van der Waals surface area contributed by atoms with Crippen molar-refractivity contribution in [2.24, 2.45) is 5.92 Å². The second-order valence-electron chi connectivity index (χ2n) is 4.68. The summed E-state index contributed by atoms with van der Waals surface area (Å²) >= 11 is 5.68. The van der Waals surface area contributed by atoms with Gasteiger partial charge in [-0.05, 0) is 25.2 Å². The lowest BCUT2D eigenvalue weighted by Crippen LogP contribution is -2.47. The molecule has 0 saturated carbocycles. The van der Waals surface area contributed by atoms with Crippen LogP contribution in [0.4, 0.5) is 0 Å². The van der Waals surface area contributed by atoms with Crippen molar-refractivity contribution >= 4 is 21.8 Å². The predicted molar refractivity (Wildman–Crippen MR) is 71.5 cm³/mol. The van der Waals surface area contributed by atoms with Gasteiger partial charge in [-0.15, -0.1) is 11.6 Å². The lowest BCUT2D eigenvalue weighted by molar-refractivity contribution is 0.265. The van der Waals surface area contributed by atoms with Crippen molar-refractivity contribution in [2.75, 3.05) is 32.1 Å². The van der Waals surface area contributed by atoms with Gasteiger partial charge in [0.1, 0.15) is 0 Å². The Morgan fingerprint density at radius 2 is 1.88 bits per heavy atom. The Labute approximate surface area is 110 Å². The molecule has 0 amide bonds. The third-order valence-corrected chi connectivity index (χ3v) is 5.41. The zero-order valence-electron chi connectivity index (χ0n) is 10.7. The molecule has 1 aliphatic heterocycles. The van der Waals surface area contributed by atoms with Gasteiger partial charge in [-0.1, -0.05) is 13.8 Å². The number of rotatable bonds is 6. The van der Waals surface area contributed by atoms with E-state index in [0.29, 0.717) is 38.0 Å². The van der Waals surface area contributed by atoms with E-state index in [1.807, 2.05) is 6.92 Å². The lowest BCUT2D eigenvalue weighted by atomic mass is 10.0. The fourth-order valence-corrected chi connectivity index (χ4v) is 4.10. The van der Waals surface area contributed by atoms with Crippen molar-refractivity contribution in [1.82, 2.24) is 8.61 Å². The second kappa shape index (κ2) is 6.92. The molecule has 0 unspecified atom stereocenters. The lowest BCUT2D eigenvalue weighted by Gasteiger charge is -2.33. The van der Waals surface area contributed by atoms with Crippen molar-refractivity contribution in [3.63, 3.8) is 0 Å². The maximum Gasteiger partial charge on any atom is 0.282 e. The summed E-state index contributed by atoms with van der Waals surface area (Å²) in [7, 11) is -3.29. The summed E-state index contributed by atoms with van der Waals surface area (Å²) in [5.41, 5.74) is 0. The molecule has 0 aliphatic carbocycles. The van der Waals surface area contributed by atoms with Crippen LogP contribution in [0.25, 0.3) is 0 Å². The Hall–Kier alpha value is 0.160. The minimum atomic E-state index is -3.29. The highest BCUT2D eigenvalue weighted by atomic mass is 35.5. The maximum atomic E-state index is 12.4. The molecule has 0 N–H and O–H groups in total. The van der Waals surface area contributed by atoms with Gasteiger partial charge in [0.05, 0.1) is 0 Å². The molecular formula is C11H23ClN2O2S. The highest BCUT2D eigenvalue weighted by molar-refractivity contribution is 7.86. The van der Waals surface area contributed by atoms with Gasteiger partial charge in [0.25, 0.3) is 10.2 Å². The number of alkyl halides is 1. The first kappa shape index (κ1) is 15.2. The van der Waals surface area contributed by atoms with Crippen LogP contribution in [-0.2, 0) is 10.2 Å². The van der Waals surface area contributed by atoms with Crippen molar-refractivity contribution in [2.45, 2.75) is 33.1 Å². The minimum absolute atomic E-state index is 0.351. The quantitative estimate of drug-likeness (QED) is 0.699. The average Bonchev–Trinajstić information content (AvgIpc) is 2.29. The summed E-state index contributed by atoms with van der Waals surface area (Å²) in [5.74, 6) is 0.984. The highest BCUT2D eigenvalue weighted by Crippen LogP contribution is 2.20. The van der Waals surface area contributed by atoms with Crippen LogP contribution < -0.4 is 0 Å². The van der Waals surface area contributed by atoms with Gasteiger partial charge in [-0.3, -0.25) is 0 Å². The van der Waals surface area contributed by atoms with E-state index < -0.39 is 10.2 Å². The van der Waals surface area contributed by atoms with Gasteiger partial charge in [0, 0.05) is 32.1 Å². The van der Waals surface area contributed by atoms with Gasteiger partial charge in [0.15, 0.2) is 0 Å². The molecule has 0 aromatic rings. The molecule has 0 aromatic carbocycles. The molecule has 17 heavy (non-hydrogen) atoms. The Balaban J connectivity index is 2.70. The van der Waals surface area contributed by atoms with Crippen molar-refractivity contribution in [3.8, 4) is 0 Å².